The minimum atomic E-state index is -4.39. The lowest BCUT2D eigenvalue weighted by molar-refractivity contribution is -0.161. The molecule has 72 heavy (non-hydrogen) atoms. The highest BCUT2D eigenvalue weighted by molar-refractivity contribution is 7.47. The molecule has 0 bridgehead atoms. The Morgan fingerprint density at radius 3 is 1.07 bits per heavy atom. The van der Waals surface area contributed by atoms with Crippen molar-refractivity contribution in [3.05, 3.63) is 48.6 Å². The molecule has 0 saturated heterocycles. The number of allylic oxidation sites excluding steroid dienone is 8. The summed E-state index contributed by atoms with van der Waals surface area (Å²) in [5, 5.41) is 0. The first-order valence-electron chi connectivity index (χ1n) is 30.6. The van der Waals surface area contributed by atoms with Crippen molar-refractivity contribution in [2.75, 3.05) is 26.4 Å². The van der Waals surface area contributed by atoms with Gasteiger partial charge < -0.3 is 20.1 Å². The summed E-state index contributed by atoms with van der Waals surface area (Å²) in [6.45, 7) is 3.75. The molecule has 0 saturated carbocycles. The monoisotopic (exact) mass is 1030 g/mol. The molecule has 0 aromatic carbocycles. The topological polar surface area (TPSA) is 134 Å². The molecule has 2 atom stereocenters. The number of carbonyl (C=O) groups excluding carboxylic acids is 2. The van der Waals surface area contributed by atoms with Gasteiger partial charge in [-0.2, -0.15) is 0 Å². The van der Waals surface area contributed by atoms with Crippen molar-refractivity contribution in [2.45, 2.75) is 309 Å². The quantitative estimate of drug-likeness (QED) is 0.0264. The highest BCUT2D eigenvalue weighted by Gasteiger charge is 2.26. The Kier molecular flexibility index (Phi) is 56.6. The van der Waals surface area contributed by atoms with Crippen molar-refractivity contribution in [3.8, 4) is 0 Å². The fraction of sp³-hybridized carbons (Fsp3) is 0.839. The van der Waals surface area contributed by atoms with Crippen LogP contribution in [-0.4, -0.2) is 49.3 Å². The van der Waals surface area contributed by atoms with E-state index in [1.807, 2.05) is 0 Å². The Morgan fingerprint density at radius 1 is 0.417 bits per heavy atom. The molecule has 0 aliphatic carbocycles. The molecular weight excluding hydrogens is 918 g/mol. The van der Waals surface area contributed by atoms with Crippen LogP contribution in [0.4, 0.5) is 0 Å². The molecule has 2 unspecified atom stereocenters. The predicted molar refractivity (Wildman–Crippen MR) is 307 cm³/mol. The Morgan fingerprint density at radius 2 is 0.722 bits per heavy atom. The van der Waals surface area contributed by atoms with Crippen LogP contribution in [0.1, 0.15) is 303 Å². The number of ether oxygens (including phenoxy) is 2. The van der Waals surface area contributed by atoms with E-state index >= 15 is 0 Å². The average Bonchev–Trinajstić information content (AvgIpc) is 3.37. The van der Waals surface area contributed by atoms with Gasteiger partial charge in [-0.15, -0.1) is 0 Å². The van der Waals surface area contributed by atoms with E-state index in [1.54, 1.807) is 0 Å². The number of hydrogen-bond donors (Lipinski definition) is 2. The molecule has 0 amide bonds. The lowest BCUT2D eigenvalue weighted by atomic mass is 10.0. The minimum Gasteiger partial charge on any atom is -0.462 e. The number of hydrogen-bond acceptors (Lipinski definition) is 8. The zero-order valence-corrected chi connectivity index (χ0v) is 48.1. The second kappa shape index (κ2) is 58.2. The second-order valence-electron chi connectivity index (χ2n) is 20.6. The number of phosphoric ester groups is 1. The smallest absolute Gasteiger partial charge is 0.462 e. The van der Waals surface area contributed by atoms with Crippen molar-refractivity contribution in [1.82, 2.24) is 0 Å². The van der Waals surface area contributed by atoms with E-state index in [2.05, 4.69) is 62.5 Å². The molecule has 0 rings (SSSR count). The van der Waals surface area contributed by atoms with Crippen molar-refractivity contribution >= 4 is 19.8 Å². The molecule has 3 N–H and O–H groups in total. The number of carbonyl (C=O) groups is 2. The third kappa shape index (κ3) is 57.3. The average molecular weight is 1030 g/mol. The van der Waals surface area contributed by atoms with Crippen LogP contribution in [0.5, 0.6) is 0 Å². The molecule has 0 aliphatic rings. The van der Waals surface area contributed by atoms with E-state index in [0.29, 0.717) is 6.42 Å². The Labute approximate surface area is 445 Å². The molecule has 422 valence electrons. The largest absolute Gasteiger partial charge is 0.472 e. The summed E-state index contributed by atoms with van der Waals surface area (Å²) in [5.41, 5.74) is 5.38. The fourth-order valence-electron chi connectivity index (χ4n) is 8.88. The van der Waals surface area contributed by atoms with E-state index in [4.69, 9.17) is 24.3 Å². The van der Waals surface area contributed by atoms with Crippen molar-refractivity contribution in [3.63, 3.8) is 0 Å². The van der Waals surface area contributed by atoms with Crippen LogP contribution in [0.3, 0.4) is 0 Å². The van der Waals surface area contributed by atoms with Gasteiger partial charge in [0.25, 0.3) is 0 Å². The second-order valence-corrected chi connectivity index (χ2v) is 22.0. The van der Waals surface area contributed by atoms with Gasteiger partial charge in [-0.3, -0.25) is 18.6 Å². The first kappa shape index (κ1) is 70.0. The van der Waals surface area contributed by atoms with E-state index < -0.39 is 26.5 Å². The van der Waals surface area contributed by atoms with Crippen LogP contribution < -0.4 is 5.73 Å². The third-order valence-corrected chi connectivity index (χ3v) is 14.4. The lowest BCUT2D eigenvalue weighted by Crippen LogP contribution is -2.29. The molecule has 9 nitrogen and oxygen atoms in total. The minimum absolute atomic E-state index is 0.0528. The number of nitrogens with two attached hydrogens (primary N) is 1. The summed E-state index contributed by atoms with van der Waals surface area (Å²) in [5.74, 6) is -0.824. The predicted octanol–water partition coefficient (Wildman–Crippen LogP) is 19.4. The van der Waals surface area contributed by atoms with Gasteiger partial charge in [0.1, 0.15) is 6.61 Å². The van der Waals surface area contributed by atoms with Crippen LogP contribution in [-0.2, 0) is 32.7 Å². The summed E-state index contributed by atoms with van der Waals surface area (Å²) >= 11 is 0. The van der Waals surface area contributed by atoms with E-state index in [9.17, 15) is 19.0 Å². The van der Waals surface area contributed by atoms with Crippen molar-refractivity contribution < 1.29 is 37.6 Å². The number of unbranched alkanes of at least 4 members (excludes halogenated alkanes) is 37. The molecule has 0 aromatic rings. The highest BCUT2D eigenvalue weighted by Crippen LogP contribution is 2.43. The molecule has 0 aliphatic heterocycles. The van der Waals surface area contributed by atoms with E-state index in [1.165, 1.54) is 212 Å². The van der Waals surface area contributed by atoms with E-state index in [-0.39, 0.29) is 38.6 Å². The van der Waals surface area contributed by atoms with Gasteiger partial charge in [0.2, 0.25) is 0 Å². The summed E-state index contributed by atoms with van der Waals surface area (Å²) in [6, 6.07) is 0. The summed E-state index contributed by atoms with van der Waals surface area (Å²) in [7, 11) is -4.39. The van der Waals surface area contributed by atoms with Crippen LogP contribution in [0.25, 0.3) is 0 Å². The van der Waals surface area contributed by atoms with Crippen LogP contribution in [0, 0.1) is 0 Å². The molecule has 0 aromatic heterocycles. The molecular formula is C62H116NO8P. The molecule has 0 heterocycles. The molecule has 10 heteroatoms. The van der Waals surface area contributed by atoms with Gasteiger partial charge in [-0.25, -0.2) is 4.57 Å². The van der Waals surface area contributed by atoms with Gasteiger partial charge >= 0.3 is 19.8 Å². The normalized spacial score (nSPS) is 13.3. The van der Waals surface area contributed by atoms with Gasteiger partial charge in [0, 0.05) is 19.4 Å². The molecule has 0 spiro atoms. The zero-order chi connectivity index (χ0) is 52.4. The van der Waals surface area contributed by atoms with Crippen LogP contribution >= 0.6 is 7.82 Å². The fourth-order valence-corrected chi connectivity index (χ4v) is 9.64. The highest BCUT2D eigenvalue weighted by atomic mass is 31.2. The lowest BCUT2D eigenvalue weighted by Gasteiger charge is -2.19. The van der Waals surface area contributed by atoms with Crippen molar-refractivity contribution in [2.24, 2.45) is 5.73 Å². The standard InChI is InChI=1S/C62H116NO8P/c1-3-5-7-9-11-13-15-17-19-21-23-24-25-26-27-28-29-30-31-32-33-34-35-36-37-39-41-43-45-47-49-51-53-55-62(65)71-60(59-70-72(66,67)69-57-56-63)58-68-61(64)54-52-50-48-46-44-42-40-38-22-20-18-16-14-12-10-8-6-4-2/h14-17,20-23,60H,3-13,18-19,24-59,63H2,1-2H3,(H,66,67)/b16-14-,17-15-,22-20-,23-21-. The first-order valence-corrected chi connectivity index (χ1v) is 32.1. The number of rotatable bonds is 58. The van der Waals surface area contributed by atoms with E-state index in [0.717, 1.165) is 57.8 Å². The van der Waals surface area contributed by atoms with Gasteiger partial charge in [0.15, 0.2) is 6.10 Å². The summed E-state index contributed by atoms with van der Waals surface area (Å²) < 4.78 is 33.0. The molecule has 0 radical (unpaired) electrons. The zero-order valence-electron chi connectivity index (χ0n) is 47.2. The van der Waals surface area contributed by atoms with Gasteiger partial charge in [-0.1, -0.05) is 262 Å². The van der Waals surface area contributed by atoms with Gasteiger partial charge in [-0.05, 0) is 77.0 Å². The number of esters is 2. The Hall–Kier alpha value is -2.03. The number of phosphoric acid groups is 1. The maximum absolute atomic E-state index is 12.7. The van der Waals surface area contributed by atoms with Crippen molar-refractivity contribution in [1.29, 1.82) is 0 Å². The third-order valence-electron chi connectivity index (χ3n) is 13.4. The van der Waals surface area contributed by atoms with Crippen LogP contribution in [0.15, 0.2) is 48.6 Å². The molecule has 0 fully saturated rings. The summed E-state index contributed by atoms with van der Waals surface area (Å²) in [6.07, 6.45) is 71.8. The maximum Gasteiger partial charge on any atom is 0.472 e. The Balaban J connectivity index is 3.87. The SMILES string of the molecule is CCCCCC/C=C\C/C=C\CCCCCCCCCC(=O)OCC(COP(=O)(O)OCCN)OC(=O)CCCCCCCCCCCCCCCCCCCCCCC/C=C\C/C=C\CCCCCCC. The Bertz CT molecular complexity index is 1320. The van der Waals surface area contributed by atoms with Crippen LogP contribution in [0.2, 0.25) is 0 Å². The van der Waals surface area contributed by atoms with Gasteiger partial charge in [0.05, 0.1) is 13.2 Å². The maximum atomic E-state index is 12.7. The first-order chi connectivity index (χ1) is 35.3. The summed E-state index contributed by atoms with van der Waals surface area (Å²) in [4.78, 5) is 35.2.